The molecule has 0 aliphatic heterocycles. The lowest BCUT2D eigenvalue weighted by Crippen LogP contribution is -2.24. The molecule has 2 nitrogen and oxygen atoms in total. The predicted octanol–water partition coefficient (Wildman–Crippen LogP) is 2.57. The predicted molar refractivity (Wildman–Crippen MR) is 66.0 cm³/mol. The number of hydrogen-bond donors (Lipinski definition) is 1. The Morgan fingerprint density at radius 3 is 2.93 bits per heavy atom. The third kappa shape index (κ3) is 2.89. The summed E-state index contributed by atoms with van der Waals surface area (Å²) in [6, 6.07) is 3.64. The van der Waals surface area contributed by atoms with E-state index >= 15 is 0 Å². The van der Waals surface area contributed by atoms with Crippen molar-refractivity contribution in [2.45, 2.75) is 19.9 Å². The van der Waals surface area contributed by atoms with Crippen LogP contribution in [0.4, 0.5) is 0 Å². The van der Waals surface area contributed by atoms with Crippen LogP contribution in [0.2, 0.25) is 0 Å². The van der Waals surface area contributed by atoms with E-state index in [1.165, 1.54) is 0 Å². The maximum absolute atomic E-state index is 11.6. The molecule has 4 heteroatoms. The summed E-state index contributed by atoms with van der Waals surface area (Å²) >= 11 is 7.49. The van der Waals surface area contributed by atoms with Crippen molar-refractivity contribution in [3.05, 3.63) is 33.2 Å². The van der Waals surface area contributed by atoms with E-state index in [1.807, 2.05) is 12.3 Å². The van der Waals surface area contributed by atoms with Crippen molar-refractivity contribution < 1.29 is 0 Å². The van der Waals surface area contributed by atoms with E-state index in [0.717, 1.165) is 18.7 Å². The minimum Gasteiger partial charge on any atom is -0.314 e. The van der Waals surface area contributed by atoms with E-state index in [-0.39, 0.29) is 5.56 Å². The van der Waals surface area contributed by atoms with Gasteiger partial charge in [0.1, 0.15) is 0 Å². The van der Waals surface area contributed by atoms with Crippen LogP contribution >= 0.6 is 28.6 Å². The third-order valence-corrected chi connectivity index (χ3v) is 3.38. The second kappa shape index (κ2) is 5.61. The average Bonchev–Trinajstić information content (AvgIpc) is 2.20. The van der Waals surface area contributed by atoms with Gasteiger partial charge in [0.15, 0.2) is 0 Å². The Morgan fingerprint density at radius 1 is 1.64 bits per heavy atom. The summed E-state index contributed by atoms with van der Waals surface area (Å²) in [4.78, 5) is 11.6. The lowest BCUT2D eigenvalue weighted by molar-refractivity contribution is 0.467. The van der Waals surface area contributed by atoms with E-state index in [9.17, 15) is 4.79 Å². The minimum atomic E-state index is 0.0349. The van der Waals surface area contributed by atoms with Gasteiger partial charge in [0, 0.05) is 12.7 Å². The topological polar surface area (TPSA) is 22.0 Å². The SMILES string of the molecule is CCC(CS)Cn1cccc(Br)c1=O. The van der Waals surface area contributed by atoms with Gasteiger partial charge < -0.3 is 4.57 Å². The molecular formula is C10H14BrNOS. The van der Waals surface area contributed by atoms with Crippen LogP contribution in [0, 0.1) is 5.92 Å². The van der Waals surface area contributed by atoms with Crippen molar-refractivity contribution in [2.75, 3.05) is 5.75 Å². The molecule has 1 aromatic rings. The van der Waals surface area contributed by atoms with Crippen molar-refractivity contribution in [1.82, 2.24) is 4.57 Å². The van der Waals surface area contributed by atoms with Gasteiger partial charge in [-0.15, -0.1) is 0 Å². The molecule has 0 amide bonds. The van der Waals surface area contributed by atoms with Crippen LogP contribution in [0.25, 0.3) is 0 Å². The van der Waals surface area contributed by atoms with Gasteiger partial charge in [-0.05, 0) is 39.7 Å². The highest BCUT2D eigenvalue weighted by Gasteiger charge is 2.06. The van der Waals surface area contributed by atoms with Gasteiger partial charge in [0.05, 0.1) is 4.47 Å². The third-order valence-electron chi connectivity index (χ3n) is 2.26. The molecule has 14 heavy (non-hydrogen) atoms. The first-order valence-electron chi connectivity index (χ1n) is 4.64. The first-order chi connectivity index (χ1) is 6.69. The summed E-state index contributed by atoms with van der Waals surface area (Å²) in [5.41, 5.74) is 0.0349. The van der Waals surface area contributed by atoms with Crippen molar-refractivity contribution in [2.24, 2.45) is 5.92 Å². The molecule has 0 aromatic carbocycles. The number of thiol groups is 1. The summed E-state index contributed by atoms with van der Waals surface area (Å²) in [6.07, 6.45) is 2.86. The van der Waals surface area contributed by atoms with Crippen LogP contribution in [0.3, 0.4) is 0 Å². The average molecular weight is 276 g/mol. The standard InChI is InChI=1S/C10H14BrNOS/c1-2-8(7-14)6-12-5-3-4-9(11)10(12)13/h3-5,8,14H,2,6-7H2,1H3. The summed E-state index contributed by atoms with van der Waals surface area (Å²) in [6.45, 7) is 2.86. The van der Waals surface area contributed by atoms with E-state index in [0.29, 0.717) is 10.4 Å². The molecule has 0 bridgehead atoms. The first-order valence-corrected chi connectivity index (χ1v) is 6.07. The van der Waals surface area contributed by atoms with E-state index in [4.69, 9.17) is 0 Å². The van der Waals surface area contributed by atoms with Gasteiger partial charge in [-0.1, -0.05) is 13.3 Å². The number of rotatable bonds is 4. The van der Waals surface area contributed by atoms with Crippen molar-refractivity contribution in [1.29, 1.82) is 0 Å². The number of halogens is 1. The fourth-order valence-electron chi connectivity index (χ4n) is 1.25. The van der Waals surface area contributed by atoms with E-state index in [1.54, 1.807) is 10.6 Å². The van der Waals surface area contributed by atoms with Crippen molar-refractivity contribution in [3.8, 4) is 0 Å². The molecule has 0 saturated carbocycles. The van der Waals surface area contributed by atoms with Crippen molar-refractivity contribution >= 4 is 28.6 Å². The molecular weight excluding hydrogens is 262 g/mol. The lowest BCUT2D eigenvalue weighted by atomic mass is 10.1. The molecule has 0 N–H and O–H groups in total. The van der Waals surface area contributed by atoms with Crippen LogP contribution in [0.5, 0.6) is 0 Å². The van der Waals surface area contributed by atoms with Crippen LogP contribution < -0.4 is 5.56 Å². The molecule has 1 heterocycles. The Labute approximate surface area is 97.9 Å². The van der Waals surface area contributed by atoms with Crippen LogP contribution in [0.15, 0.2) is 27.6 Å². The zero-order valence-corrected chi connectivity index (χ0v) is 10.6. The molecule has 1 unspecified atom stereocenters. The lowest BCUT2D eigenvalue weighted by Gasteiger charge is -2.13. The zero-order chi connectivity index (χ0) is 10.6. The second-order valence-corrected chi connectivity index (χ2v) is 4.49. The molecule has 0 radical (unpaired) electrons. The van der Waals surface area contributed by atoms with Gasteiger partial charge in [-0.25, -0.2) is 0 Å². The van der Waals surface area contributed by atoms with Gasteiger partial charge in [-0.3, -0.25) is 4.79 Å². The highest BCUT2D eigenvalue weighted by molar-refractivity contribution is 9.10. The quantitative estimate of drug-likeness (QED) is 0.839. The van der Waals surface area contributed by atoms with Gasteiger partial charge in [0.25, 0.3) is 5.56 Å². The summed E-state index contributed by atoms with van der Waals surface area (Å²) in [7, 11) is 0. The molecule has 78 valence electrons. The Morgan fingerprint density at radius 2 is 2.36 bits per heavy atom. The Kier molecular flexibility index (Phi) is 4.75. The fraction of sp³-hybridized carbons (Fsp3) is 0.500. The summed E-state index contributed by atoms with van der Waals surface area (Å²) in [5.74, 6) is 1.28. The smallest absolute Gasteiger partial charge is 0.264 e. The number of hydrogen-bond acceptors (Lipinski definition) is 2. The maximum Gasteiger partial charge on any atom is 0.264 e. The zero-order valence-electron chi connectivity index (χ0n) is 8.11. The molecule has 1 rings (SSSR count). The molecule has 0 spiro atoms. The summed E-state index contributed by atoms with van der Waals surface area (Å²) < 4.78 is 2.35. The molecule has 0 fully saturated rings. The van der Waals surface area contributed by atoms with E-state index < -0.39 is 0 Å². The van der Waals surface area contributed by atoms with Crippen LogP contribution in [-0.2, 0) is 6.54 Å². The van der Waals surface area contributed by atoms with Gasteiger partial charge >= 0.3 is 0 Å². The van der Waals surface area contributed by atoms with E-state index in [2.05, 4.69) is 35.5 Å². The highest BCUT2D eigenvalue weighted by atomic mass is 79.9. The molecule has 1 aromatic heterocycles. The Bertz CT molecular complexity index is 346. The molecule has 0 aliphatic rings. The van der Waals surface area contributed by atoms with Crippen molar-refractivity contribution in [3.63, 3.8) is 0 Å². The monoisotopic (exact) mass is 275 g/mol. The van der Waals surface area contributed by atoms with Crippen LogP contribution in [-0.4, -0.2) is 10.3 Å². The molecule has 0 saturated heterocycles. The second-order valence-electron chi connectivity index (χ2n) is 3.27. The Balaban J connectivity index is 2.86. The first kappa shape index (κ1) is 11.9. The molecule has 0 aliphatic carbocycles. The highest BCUT2D eigenvalue weighted by Crippen LogP contribution is 2.08. The minimum absolute atomic E-state index is 0.0349. The van der Waals surface area contributed by atoms with Crippen LogP contribution in [0.1, 0.15) is 13.3 Å². The molecule has 1 atom stereocenters. The fourth-order valence-corrected chi connectivity index (χ4v) is 2.00. The number of aromatic nitrogens is 1. The summed E-state index contributed by atoms with van der Waals surface area (Å²) in [5, 5.41) is 0. The number of pyridine rings is 1. The number of nitrogens with zero attached hydrogens (tertiary/aromatic N) is 1. The maximum atomic E-state index is 11.6. The Hall–Kier alpha value is -0.220. The van der Waals surface area contributed by atoms with Gasteiger partial charge in [-0.2, -0.15) is 12.6 Å². The largest absolute Gasteiger partial charge is 0.314 e. The normalized spacial score (nSPS) is 12.8. The van der Waals surface area contributed by atoms with Gasteiger partial charge in [0.2, 0.25) is 0 Å².